The fourth-order valence-electron chi connectivity index (χ4n) is 3.81. The van der Waals surface area contributed by atoms with Crippen LogP contribution in [0.3, 0.4) is 0 Å². The van der Waals surface area contributed by atoms with Gasteiger partial charge >= 0.3 is 6.09 Å². The lowest BCUT2D eigenvalue weighted by molar-refractivity contribution is -0.138. The highest BCUT2D eigenvalue weighted by Gasteiger charge is 2.37. The highest BCUT2D eigenvalue weighted by Crippen LogP contribution is 2.33. The minimum absolute atomic E-state index is 0.128. The second-order valence-corrected chi connectivity index (χ2v) is 8.08. The molecule has 2 aliphatic heterocycles. The molecule has 0 aromatic carbocycles. The summed E-state index contributed by atoms with van der Waals surface area (Å²) in [4.78, 5) is 32.3. The number of hydrogen-bond acceptors (Lipinski definition) is 3. The Bertz CT molecular complexity index is 606. The molecule has 6 nitrogen and oxygen atoms in total. The van der Waals surface area contributed by atoms with E-state index in [1.807, 2.05) is 44.0 Å². The van der Waals surface area contributed by atoms with Crippen LogP contribution in [0.25, 0.3) is 0 Å². The van der Waals surface area contributed by atoms with Gasteiger partial charge in [0.1, 0.15) is 5.60 Å². The van der Waals surface area contributed by atoms with Gasteiger partial charge in [-0.1, -0.05) is 0 Å². The standard InChI is InChI=1S/C19H29N3O3/c1-19(2,3)25-18(24)21-11-5-7-14(13-21)17(23)22-12-6-9-16(22)15-8-4-10-20-15/h4,8,10,14,16,20H,5-7,9,11-13H2,1-3H3/t14-,16-/m1/s1. The van der Waals surface area contributed by atoms with Crippen molar-refractivity contribution in [2.45, 2.75) is 58.1 Å². The third kappa shape index (κ3) is 4.17. The average molecular weight is 347 g/mol. The molecule has 2 atom stereocenters. The number of hydrogen-bond donors (Lipinski definition) is 1. The predicted molar refractivity (Wildman–Crippen MR) is 95.0 cm³/mol. The molecule has 0 saturated carbocycles. The van der Waals surface area contributed by atoms with Crippen LogP contribution in [0.4, 0.5) is 4.79 Å². The summed E-state index contributed by atoms with van der Waals surface area (Å²) >= 11 is 0. The van der Waals surface area contributed by atoms with Crippen molar-refractivity contribution in [1.82, 2.24) is 14.8 Å². The summed E-state index contributed by atoms with van der Waals surface area (Å²) in [5.74, 6) is 0.0437. The van der Waals surface area contributed by atoms with Crippen molar-refractivity contribution in [3.63, 3.8) is 0 Å². The minimum atomic E-state index is -0.512. The molecule has 2 aliphatic rings. The lowest BCUT2D eigenvalue weighted by Crippen LogP contribution is -2.47. The molecular weight excluding hydrogens is 318 g/mol. The summed E-state index contributed by atoms with van der Waals surface area (Å²) in [6.45, 7) is 7.51. The summed E-state index contributed by atoms with van der Waals surface area (Å²) in [5.41, 5.74) is 0.590. The van der Waals surface area contributed by atoms with Gasteiger partial charge in [-0.3, -0.25) is 4.79 Å². The lowest BCUT2D eigenvalue weighted by atomic mass is 9.96. The van der Waals surface area contributed by atoms with E-state index >= 15 is 0 Å². The van der Waals surface area contributed by atoms with Crippen LogP contribution in [-0.4, -0.2) is 52.0 Å². The monoisotopic (exact) mass is 347 g/mol. The Morgan fingerprint density at radius 3 is 2.64 bits per heavy atom. The normalized spacial score (nSPS) is 24.4. The molecule has 1 aromatic heterocycles. The summed E-state index contributed by atoms with van der Waals surface area (Å²) in [6.07, 6.45) is 5.30. The third-order valence-electron chi connectivity index (χ3n) is 4.94. The first-order valence-electron chi connectivity index (χ1n) is 9.27. The first-order valence-corrected chi connectivity index (χ1v) is 9.27. The topological polar surface area (TPSA) is 65.6 Å². The second kappa shape index (κ2) is 7.10. The summed E-state index contributed by atoms with van der Waals surface area (Å²) in [5, 5.41) is 0. The Hall–Kier alpha value is -1.98. The molecular formula is C19H29N3O3. The van der Waals surface area contributed by atoms with Gasteiger partial charge in [-0.05, 0) is 58.6 Å². The Morgan fingerprint density at radius 1 is 1.20 bits per heavy atom. The summed E-state index contributed by atoms with van der Waals surface area (Å²) in [6, 6.07) is 4.16. The van der Waals surface area contributed by atoms with Crippen molar-refractivity contribution in [3.8, 4) is 0 Å². The molecule has 0 bridgehead atoms. The number of carbonyl (C=O) groups excluding carboxylic acids is 2. The van der Waals surface area contributed by atoms with Crippen molar-refractivity contribution in [2.24, 2.45) is 5.92 Å². The maximum Gasteiger partial charge on any atom is 0.410 e. The Kier molecular flexibility index (Phi) is 5.06. The second-order valence-electron chi connectivity index (χ2n) is 8.08. The first kappa shape index (κ1) is 17.8. The molecule has 0 unspecified atom stereocenters. The fourth-order valence-corrected chi connectivity index (χ4v) is 3.81. The molecule has 0 aliphatic carbocycles. The van der Waals surface area contributed by atoms with E-state index < -0.39 is 5.60 Å². The highest BCUT2D eigenvalue weighted by molar-refractivity contribution is 5.81. The van der Waals surface area contributed by atoms with Crippen molar-refractivity contribution in [3.05, 3.63) is 24.0 Å². The zero-order valence-electron chi connectivity index (χ0n) is 15.5. The SMILES string of the molecule is CC(C)(C)OC(=O)N1CCC[C@@H](C(=O)N2CCC[C@@H]2c2ccc[nH]2)C1. The number of piperidine rings is 1. The Balaban J connectivity index is 1.64. The van der Waals surface area contributed by atoms with Gasteiger partial charge < -0.3 is 19.5 Å². The zero-order valence-corrected chi connectivity index (χ0v) is 15.5. The molecule has 2 fully saturated rings. The van der Waals surface area contributed by atoms with E-state index in [-0.39, 0.29) is 24.0 Å². The van der Waals surface area contributed by atoms with Crippen molar-refractivity contribution in [1.29, 1.82) is 0 Å². The van der Waals surface area contributed by atoms with Crippen molar-refractivity contribution in [2.75, 3.05) is 19.6 Å². The van der Waals surface area contributed by atoms with Crippen LogP contribution >= 0.6 is 0 Å². The molecule has 3 heterocycles. The van der Waals surface area contributed by atoms with Crippen LogP contribution in [0.1, 0.15) is 58.2 Å². The number of aromatic nitrogens is 1. The molecule has 2 amide bonds. The number of ether oxygens (including phenoxy) is 1. The summed E-state index contributed by atoms with van der Waals surface area (Å²) in [7, 11) is 0. The maximum atomic E-state index is 13.1. The molecule has 0 radical (unpaired) electrons. The maximum absolute atomic E-state index is 13.1. The smallest absolute Gasteiger partial charge is 0.410 e. The number of carbonyl (C=O) groups is 2. The van der Waals surface area contributed by atoms with Gasteiger partial charge in [0.05, 0.1) is 12.0 Å². The number of nitrogens with one attached hydrogen (secondary N) is 1. The average Bonchev–Trinajstić information content (AvgIpc) is 3.23. The molecule has 3 rings (SSSR count). The highest BCUT2D eigenvalue weighted by atomic mass is 16.6. The van der Waals surface area contributed by atoms with Crippen LogP contribution < -0.4 is 0 Å². The van der Waals surface area contributed by atoms with Gasteiger partial charge in [-0.25, -0.2) is 4.79 Å². The van der Waals surface area contributed by atoms with E-state index in [0.717, 1.165) is 37.9 Å². The number of H-pyrrole nitrogens is 1. The van der Waals surface area contributed by atoms with Crippen LogP contribution in [-0.2, 0) is 9.53 Å². The minimum Gasteiger partial charge on any atom is -0.444 e. The van der Waals surface area contributed by atoms with E-state index in [4.69, 9.17) is 4.74 Å². The first-order chi connectivity index (χ1) is 11.8. The predicted octanol–water partition coefficient (Wildman–Crippen LogP) is 3.33. The largest absolute Gasteiger partial charge is 0.444 e. The Morgan fingerprint density at radius 2 is 1.96 bits per heavy atom. The van der Waals surface area contributed by atoms with Crippen LogP contribution in [0.2, 0.25) is 0 Å². The van der Waals surface area contributed by atoms with E-state index in [0.29, 0.717) is 13.1 Å². The number of amides is 2. The van der Waals surface area contributed by atoms with E-state index in [1.54, 1.807) is 4.90 Å². The quantitative estimate of drug-likeness (QED) is 0.892. The number of rotatable bonds is 2. The molecule has 25 heavy (non-hydrogen) atoms. The van der Waals surface area contributed by atoms with Crippen molar-refractivity contribution < 1.29 is 14.3 Å². The van der Waals surface area contributed by atoms with Gasteiger partial charge in [-0.2, -0.15) is 0 Å². The van der Waals surface area contributed by atoms with Gasteiger partial charge in [0, 0.05) is 31.5 Å². The lowest BCUT2D eigenvalue weighted by Gasteiger charge is -2.36. The van der Waals surface area contributed by atoms with Gasteiger partial charge in [0.15, 0.2) is 0 Å². The third-order valence-corrected chi connectivity index (χ3v) is 4.94. The van der Waals surface area contributed by atoms with E-state index in [1.165, 1.54) is 0 Å². The number of nitrogens with zero attached hydrogens (tertiary/aromatic N) is 2. The molecule has 138 valence electrons. The molecule has 2 saturated heterocycles. The molecule has 1 aromatic rings. The van der Waals surface area contributed by atoms with Gasteiger partial charge in [0.2, 0.25) is 5.91 Å². The van der Waals surface area contributed by atoms with Gasteiger partial charge in [-0.15, -0.1) is 0 Å². The number of aromatic amines is 1. The van der Waals surface area contributed by atoms with Crippen LogP contribution in [0, 0.1) is 5.92 Å². The van der Waals surface area contributed by atoms with Crippen molar-refractivity contribution >= 4 is 12.0 Å². The molecule has 1 N–H and O–H groups in total. The van der Waals surface area contributed by atoms with Crippen LogP contribution in [0.5, 0.6) is 0 Å². The summed E-state index contributed by atoms with van der Waals surface area (Å²) < 4.78 is 5.47. The molecule has 6 heteroatoms. The van der Waals surface area contributed by atoms with Gasteiger partial charge in [0.25, 0.3) is 0 Å². The zero-order chi connectivity index (χ0) is 18.0. The van der Waals surface area contributed by atoms with E-state index in [2.05, 4.69) is 4.98 Å². The van der Waals surface area contributed by atoms with Crippen LogP contribution in [0.15, 0.2) is 18.3 Å². The fraction of sp³-hybridized carbons (Fsp3) is 0.684. The number of likely N-dealkylation sites (tertiary alicyclic amines) is 2. The molecule has 0 spiro atoms. The van der Waals surface area contributed by atoms with E-state index in [9.17, 15) is 9.59 Å². The Labute approximate surface area is 149 Å².